The molecule has 0 bridgehead atoms. The number of hydrogen-bond acceptors (Lipinski definition) is 4. The molecule has 20 heavy (non-hydrogen) atoms. The molecule has 1 atom stereocenters. The second-order valence-corrected chi connectivity index (χ2v) is 5.66. The van der Waals surface area contributed by atoms with Crippen LogP contribution >= 0.6 is 0 Å². The van der Waals surface area contributed by atoms with E-state index >= 15 is 0 Å². The smallest absolute Gasteiger partial charge is 0.223 e. The van der Waals surface area contributed by atoms with Gasteiger partial charge in [0, 0.05) is 25.9 Å². The number of hydrogen-bond donors (Lipinski definition) is 1. The van der Waals surface area contributed by atoms with Crippen LogP contribution in [0.15, 0.2) is 28.8 Å². The average molecular weight is 271 g/mol. The molecule has 1 unspecified atom stereocenters. The van der Waals surface area contributed by atoms with E-state index in [4.69, 9.17) is 4.52 Å². The summed E-state index contributed by atoms with van der Waals surface area (Å²) >= 11 is 0. The van der Waals surface area contributed by atoms with E-state index in [1.807, 2.05) is 6.92 Å². The minimum atomic E-state index is 0.462. The van der Waals surface area contributed by atoms with Crippen LogP contribution < -0.4 is 5.32 Å². The maximum atomic E-state index is 4.99. The molecule has 1 aromatic carbocycles. The van der Waals surface area contributed by atoms with Crippen molar-refractivity contribution in [3.8, 4) is 0 Å². The Bertz CT molecular complexity index is 557. The number of nitrogens with zero attached hydrogens (tertiary/aromatic N) is 2. The van der Waals surface area contributed by atoms with E-state index in [-0.39, 0.29) is 0 Å². The second kappa shape index (κ2) is 5.75. The van der Waals surface area contributed by atoms with E-state index in [1.54, 1.807) is 0 Å². The highest BCUT2D eigenvalue weighted by Gasteiger charge is 2.31. The fraction of sp³-hybridized carbons (Fsp3) is 0.500. The highest BCUT2D eigenvalue weighted by atomic mass is 16.5. The van der Waals surface area contributed by atoms with E-state index in [2.05, 4.69) is 46.6 Å². The summed E-state index contributed by atoms with van der Waals surface area (Å²) in [4.78, 5) is 4.23. The first-order chi connectivity index (χ1) is 9.72. The molecule has 1 aromatic heterocycles. The van der Waals surface area contributed by atoms with Crippen LogP contribution in [0.5, 0.6) is 0 Å². The van der Waals surface area contributed by atoms with Crippen molar-refractivity contribution in [2.75, 3.05) is 6.54 Å². The van der Waals surface area contributed by atoms with Gasteiger partial charge in [-0.3, -0.25) is 0 Å². The summed E-state index contributed by atoms with van der Waals surface area (Å²) in [5.74, 6) is 2.20. The Morgan fingerprint density at radius 3 is 2.60 bits per heavy atom. The second-order valence-electron chi connectivity index (χ2n) is 5.66. The summed E-state index contributed by atoms with van der Waals surface area (Å²) < 4.78 is 4.99. The van der Waals surface area contributed by atoms with Crippen LogP contribution in [-0.2, 0) is 6.42 Å². The first-order valence-electron chi connectivity index (χ1n) is 7.31. The number of nitrogens with one attached hydrogen (secondary N) is 1. The van der Waals surface area contributed by atoms with Crippen molar-refractivity contribution in [3.05, 3.63) is 47.1 Å². The molecule has 1 aliphatic rings. The third-order valence-corrected chi connectivity index (χ3v) is 3.81. The molecule has 0 spiro atoms. The molecule has 4 nitrogen and oxygen atoms in total. The van der Waals surface area contributed by atoms with Gasteiger partial charge >= 0.3 is 0 Å². The van der Waals surface area contributed by atoms with E-state index < -0.39 is 0 Å². The standard InChI is InChI=1S/C16H21N3O/c1-11-3-5-13(6-4-11)16(14-7-8-14)17-10-9-15-18-12(2)20-19-15/h3-6,14,16-17H,7-10H2,1-2H3. The van der Waals surface area contributed by atoms with E-state index in [0.29, 0.717) is 11.9 Å². The normalized spacial score (nSPS) is 16.3. The zero-order chi connectivity index (χ0) is 13.9. The first-order valence-corrected chi connectivity index (χ1v) is 7.31. The fourth-order valence-electron chi connectivity index (χ4n) is 2.54. The molecule has 106 valence electrons. The van der Waals surface area contributed by atoms with Crippen LogP contribution in [-0.4, -0.2) is 16.7 Å². The maximum absolute atomic E-state index is 4.99. The Balaban J connectivity index is 1.59. The van der Waals surface area contributed by atoms with E-state index in [1.165, 1.54) is 24.0 Å². The Kier molecular flexibility index (Phi) is 3.83. The molecule has 3 rings (SSSR count). The molecule has 0 radical (unpaired) electrons. The Hall–Kier alpha value is -1.68. The van der Waals surface area contributed by atoms with Gasteiger partial charge in [0.1, 0.15) is 0 Å². The van der Waals surface area contributed by atoms with Crippen molar-refractivity contribution in [1.29, 1.82) is 0 Å². The largest absolute Gasteiger partial charge is 0.340 e. The van der Waals surface area contributed by atoms with Crippen LogP contribution in [0.25, 0.3) is 0 Å². The first kappa shape index (κ1) is 13.3. The molecule has 4 heteroatoms. The van der Waals surface area contributed by atoms with Crippen molar-refractivity contribution in [1.82, 2.24) is 15.5 Å². The van der Waals surface area contributed by atoms with E-state index in [9.17, 15) is 0 Å². The van der Waals surface area contributed by atoms with Gasteiger partial charge in [-0.15, -0.1) is 0 Å². The summed E-state index contributed by atoms with van der Waals surface area (Å²) in [5.41, 5.74) is 2.70. The van der Waals surface area contributed by atoms with Crippen molar-refractivity contribution >= 4 is 0 Å². The van der Waals surface area contributed by atoms with Gasteiger partial charge in [0.15, 0.2) is 5.82 Å². The molecular formula is C16H21N3O. The molecule has 1 fully saturated rings. The topological polar surface area (TPSA) is 51.0 Å². The maximum Gasteiger partial charge on any atom is 0.223 e. The van der Waals surface area contributed by atoms with Crippen molar-refractivity contribution in [2.45, 2.75) is 39.2 Å². The minimum absolute atomic E-state index is 0.462. The third kappa shape index (κ3) is 3.25. The molecule has 0 aliphatic heterocycles. The molecule has 1 aliphatic carbocycles. The Morgan fingerprint density at radius 2 is 2.00 bits per heavy atom. The van der Waals surface area contributed by atoms with Gasteiger partial charge in [0.25, 0.3) is 0 Å². The van der Waals surface area contributed by atoms with Crippen LogP contribution in [0.4, 0.5) is 0 Å². The number of aromatic nitrogens is 2. The summed E-state index contributed by atoms with van der Waals surface area (Å²) in [6.07, 6.45) is 3.46. The zero-order valence-electron chi connectivity index (χ0n) is 12.1. The predicted molar refractivity (Wildman–Crippen MR) is 77.4 cm³/mol. The molecular weight excluding hydrogens is 250 g/mol. The van der Waals surface area contributed by atoms with Gasteiger partial charge in [0.2, 0.25) is 5.89 Å². The lowest BCUT2D eigenvalue weighted by molar-refractivity contribution is 0.385. The minimum Gasteiger partial charge on any atom is -0.340 e. The molecule has 0 saturated heterocycles. The van der Waals surface area contributed by atoms with Gasteiger partial charge in [-0.2, -0.15) is 4.98 Å². The predicted octanol–water partition coefficient (Wildman–Crippen LogP) is 2.97. The molecule has 1 heterocycles. The quantitative estimate of drug-likeness (QED) is 0.877. The Labute approximate surface area is 119 Å². The van der Waals surface area contributed by atoms with Crippen LogP contribution in [0, 0.1) is 19.8 Å². The van der Waals surface area contributed by atoms with Gasteiger partial charge in [-0.25, -0.2) is 0 Å². The number of benzene rings is 1. The van der Waals surface area contributed by atoms with Crippen LogP contribution in [0.3, 0.4) is 0 Å². The number of aryl methyl sites for hydroxylation is 2. The van der Waals surface area contributed by atoms with Crippen molar-refractivity contribution in [2.24, 2.45) is 5.92 Å². The molecule has 0 amide bonds. The highest BCUT2D eigenvalue weighted by molar-refractivity contribution is 5.25. The van der Waals surface area contributed by atoms with Crippen molar-refractivity contribution < 1.29 is 4.52 Å². The number of rotatable bonds is 6. The fourth-order valence-corrected chi connectivity index (χ4v) is 2.54. The van der Waals surface area contributed by atoms with Crippen molar-refractivity contribution in [3.63, 3.8) is 0 Å². The van der Waals surface area contributed by atoms with Gasteiger partial charge in [0.05, 0.1) is 0 Å². The van der Waals surface area contributed by atoms with Gasteiger partial charge < -0.3 is 9.84 Å². The molecule has 1 saturated carbocycles. The average Bonchev–Trinajstić information content (AvgIpc) is 3.19. The summed E-state index contributed by atoms with van der Waals surface area (Å²) in [6.45, 7) is 4.83. The highest BCUT2D eigenvalue weighted by Crippen LogP contribution is 2.40. The summed E-state index contributed by atoms with van der Waals surface area (Å²) in [5, 5.41) is 7.58. The molecule has 1 N–H and O–H groups in total. The summed E-state index contributed by atoms with van der Waals surface area (Å²) in [6, 6.07) is 9.32. The molecule has 2 aromatic rings. The monoisotopic (exact) mass is 271 g/mol. The lowest BCUT2D eigenvalue weighted by Gasteiger charge is -2.18. The third-order valence-electron chi connectivity index (χ3n) is 3.81. The van der Waals surface area contributed by atoms with Gasteiger partial charge in [-0.05, 0) is 31.2 Å². The van der Waals surface area contributed by atoms with Crippen LogP contribution in [0.1, 0.15) is 41.7 Å². The van der Waals surface area contributed by atoms with Crippen LogP contribution in [0.2, 0.25) is 0 Å². The SMILES string of the molecule is Cc1ccc(C(NCCc2noc(C)n2)C2CC2)cc1. The summed E-state index contributed by atoms with van der Waals surface area (Å²) in [7, 11) is 0. The lowest BCUT2D eigenvalue weighted by Crippen LogP contribution is -2.25. The zero-order valence-corrected chi connectivity index (χ0v) is 12.1. The lowest BCUT2D eigenvalue weighted by atomic mass is 10.0. The van der Waals surface area contributed by atoms with Gasteiger partial charge in [-0.1, -0.05) is 35.0 Å². The van der Waals surface area contributed by atoms with E-state index in [0.717, 1.165) is 24.7 Å². The Morgan fingerprint density at radius 1 is 1.25 bits per heavy atom.